The van der Waals surface area contributed by atoms with Crippen molar-refractivity contribution in [2.45, 2.75) is 32.2 Å². The van der Waals surface area contributed by atoms with Crippen LogP contribution in [0.5, 0.6) is 0 Å². The minimum absolute atomic E-state index is 0.215. The number of benzene rings is 1. The van der Waals surface area contributed by atoms with E-state index >= 15 is 0 Å². The number of amides is 1. The molecule has 0 atom stereocenters. The molecule has 3 nitrogen and oxygen atoms in total. The molecular formula is C13H18N2O. The third-order valence-electron chi connectivity index (χ3n) is 2.98. The molecule has 1 amide bonds. The highest BCUT2D eigenvalue weighted by Gasteiger charge is 2.23. The van der Waals surface area contributed by atoms with Crippen molar-refractivity contribution in [3.05, 3.63) is 29.8 Å². The van der Waals surface area contributed by atoms with Gasteiger partial charge >= 0.3 is 0 Å². The van der Waals surface area contributed by atoms with Gasteiger partial charge in [-0.2, -0.15) is 0 Å². The average Bonchev–Trinajstić information content (AvgIpc) is 2.63. The van der Waals surface area contributed by atoms with E-state index in [2.05, 4.69) is 0 Å². The number of anilines is 1. The Morgan fingerprint density at radius 2 is 2.12 bits per heavy atom. The minimum Gasteiger partial charge on any atom is -0.322 e. The Labute approximate surface area is 96.2 Å². The Hall–Kier alpha value is -1.35. The first-order valence-electron chi connectivity index (χ1n) is 5.68. The maximum absolute atomic E-state index is 11.6. The van der Waals surface area contributed by atoms with E-state index in [0.29, 0.717) is 6.42 Å². The lowest BCUT2D eigenvalue weighted by molar-refractivity contribution is -0.117. The Bertz CT molecular complexity index is 407. The van der Waals surface area contributed by atoms with Gasteiger partial charge in [0.25, 0.3) is 0 Å². The van der Waals surface area contributed by atoms with Gasteiger partial charge in [-0.05, 0) is 38.0 Å². The molecule has 1 aliphatic rings. The number of nitrogens with zero attached hydrogens (tertiary/aromatic N) is 1. The predicted octanol–water partition coefficient (Wildman–Crippen LogP) is 2.01. The van der Waals surface area contributed by atoms with Crippen LogP contribution in [0.1, 0.15) is 32.3 Å². The molecule has 0 unspecified atom stereocenters. The molecule has 86 valence electrons. The Morgan fingerprint density at radius 1 is 1.38 bits per heavy atom. The summed E-state index contributed by atoms with van der Waals surface area (Å²) in [6.45, 7) is 4.77. The molecule has 1 saturated heterocycles. The summed E-state index contributed by atoms with van der Waals surface area (Å²) >= 11 is 0. The predicted molar refractivity (Wildman–Crippen MR) is 65.2 cm³/mol. The van der Waals surface area contributed by atoms with E-state index in [4.69, 9.17) is 5.73 Å². The van der Waals surface area contributed by atoms with E-state index in [9.17, 15) is 4.79 Å². The van der Waals surface area contributed by atoms with Crippen LogP contribution in [0.25, 0.3) is 0 Å². The molecule has 3 heteroatoms. The standard InChI is InChI=1S/C13H18N2O/c1-13(2,14)10-5-3-6-11(9-10)15-8-4-7-12(15)16/h3,5-6,9H,4,7-8,14H2,1-2H3. The van der Waals surface area contributed by atoms with Crippen LogP contribution in [0.4, 0.5) is 5.69 Å². The second-order valence-corrected chi connectivity index (χ2v) is 4.92. The van der Waals surface area contributed by atoms with Gasteiger partial charge in [0, 0.05) is 24.2 Å². The molecule has 2 N–H and O–H groups in total. The molecule has 16 heavy (non-hydrogen) atoms. The van der Waals surface area contributed by atoms with Gasteiger partial charge in [0.1, 0.15) is 0 Å². The first-order valence-corrected chi connectivity index (χ1v) is 5.68. The van der Waals surface area contributed by atoms with Crippen molar-refractivity contribution >= 4 is 11.6 Å². The van der Waals surface area contributed by atoms with Crippen LogP contribution in [-0.2, 0) is 10.3 Å². The summed E-state index contributed by atoms with van der Waals surface area (Å²) in [5, 5.41) is 0. The molecular weight excluding hydrogens is 200 g/mol. The van der Waals surface area contributed by atoms with Crippen LogP contribution in [-0.4, -0.2) is 12.5 Å². The summed E-state index contributed by atoms with van der Waals surface area (Å²) in [7, 11) is 0. The lowest BCUT2D eigenvalue weighted by atomic mass is 9.95. The number of hydrogen-bond donors (Lipinski definition) is 1. The summed E-state index contributed by atoms with van der Waals surface area (Å²) in [6.07, 6.45) is 1.62. The van der Waals surface area contributed by atoms with E-state index in [0.717, 1.165) is 24.2 Å². The van der Waals surface area contributed by atoms with Gasteiger partial charge in [0.15, 0.2) is 0 Å². The van der Waals surface area contributed by atoms with Crippen LogP contribution < -0.4 is 10.6 Å². The zero-order valence-corrected chi connectivity index (χ0v) is 9.86. The van der Waals surface area contributed by atoms with Gasteiger partial charge in [-0.15, -0.1) is 0 Å². The van der Waals surface area contributed by atoms with Gasteiger partial charge in [0.2, 0.25) is 5.91 Å². The van der Waals surface area contributed by atoms with Crippen molar-refractivity contribution < 1.29 is 4.79 Å². The van der Waals surface area contributed by atoms with E-state index in [1.807, 2.05) is 43.0 Å². The first-order chi connectivity index (χ1) is 7.48. The number of nitrogens with two attached hydrogens (primary N) is 1. The van der Waals surface area contributed by atoms with E-state index in [-0.39, 0.29) is 11.4 Å². The smallest absolute Gasteiger partial charge is 0.227 e. The maximum atomic E-state index is 11.6. The quantitative estimate of drug-likeness (QED) is 0.825. The van der Waals surface area contributed by atoms with Crippen molar-refractivity contribution in [1.29, 1.82) is 0 Å². The fraction of sp³-hybridized carbons (Fsp3) is 0.462. The molecule has 0 radical (unpaired) electrons. The largest absolute Gasteiger partial charge is 0.322 e. The first kappa shape index (κ1) is 11.1. The second kappa shape index (κ2) is 3.91. The third-order valence-corrected chi connectivity index (χ3v) is 2.98. The average molecular weight is 218 g/mol. The van der Waals surface area contributed by atoms with Crippen LogP contribution in [0.3, 0.4) is 0 Å². The molecule has 0 spiro atoms. The van der Waals surface area contributed by atoms with Crippen LogP contribution in [0.2, 0.25) is 0 Å². The van der Waals surface area contributed by atoms with Gasteiger partial charge in [-0.3, -0.25) is 4.79 Å². The highest BCUT2D eigenvalue weighted by Crippen LogP contribution is 2.25. The molecule has 1 aromatic rings. The summed E-state index contributed by atoms with van der Waals surface area (Å²) < 4.78 is 0. The lowest BCUT2D eigenvalue weighted by Crippen LogP contribution is -2.29. The zero-order chi connectivity index (χ0) is 11.8. The molecule has 1 heterocycles. The van der Waals surface area contributed by atoms with Gasteiger partial charge < -0.3 is 10.6 Å². The molecule has 2 rings (SSSR count). The molecule has 1 aromatic carbocycles. The van der Waals surface area contributed by atoms with Crippen molar-refractivity contribution in [3.8, 4) is 0 Å². The van der Waals surface area contributed by atoms with Crippen LogP contribution >= 0.6 is 0 Å². The molecule has 1 fully saturated rings. The summed E-state index contributed by atoms with van der Waals surface area (Å²) in [4.78, 5) is 13.5. The second-order valence-electron chi connectivity index (χ2n) is 4.92. The van der Waals surface area contributed by atoms with Crippen molar-refractivity contribution in [1.82, 2.24) is 0 Å². The van der Waals surface area contributed by atoms with E-state index in [1.165, 1.54) is 0 Å². The highest BCUT2D eigenvalue weighted by atomic mass is 16.2. The zero-order valence-electron chi connectivity index (χ0n) is 9.86. The van der Waals surface area contributed by atoms with Crippen molar-refractivity contribution in [2.24, 2.45) is 5.73 Å². The molecule has 0 aromatic heterocycles. The maximum Gasteiger partial charge on any atom is 0.227 e. The van der Waals surface area contributed by atoms with Gasteiger partial charge in [-0.1, -0.05) is 12.1 Å². The highest BCUT2D eigenvalue weighted by molar-refractivity contribution is 5.95. The molecule has 0 saturated carbocycles. The Kier molecular flexibility index (Phi) is 2.72. The molecule has 0 aliphatic carbocycles. The minimum atomic E-state index is -0.362. The van der Waals surface area contributed by atoms with Crippen molar-refractivity contribution in [2.75, 3.05) is 11.4 Å². The number of rotatable bonds is 2. The van der Waals surface area contributed by atoms with Gasteiger partial charge in [-0.25, -0.2) is 0 Å². The Morgan fingerprint density at radius 3 is 2.69 bits per heavy atom. The summed E-state index contributed by atoms with van der Waals surface area (Å²) in [5.74, 6) is 0.215. The number of carbonyl (C=O) groups excluding carboxylic acids is 1. The monoisotopic (exact) mass is 218 g/mol. The van der Waals surface area contributed by atoms with Crippen LogP contribution in [0.15, 0.2) is 24.3 Å². The molecule has 1 aliphatic heterocycles. The SMILES string of the molecule is CC(C)(N)c1cccc(N2CCCC2=O)c1. The lowest BCUT2D eigenvalue weighted by Gasteiger charge is -2.22. The van der Waals surface area contributed by atoms with Crippen molar-refractivity contribution in [3.63, 3.8) is 0 Å². The number of hydrogen-bond acceptors (Lipinski definition) is 2. The normalized spacial score (nSPS) is 16.9. The fourth-order valence-electron chi connectivity index (χ4n) is 2.00. The summed E-state index contributed by atoms with van der Waals surface area (Å²) in [6, 6.07) is 7.95. The van der Waals surface area contributed by atoms with E-state index in [1.54, 1.807) is 0 Å². The molecule has 0 bridgehead atoms. The number of carbonyl (C=O) groups is 1. The van der Waals surface area contributed by atoms with Crippen LogP contribution in [0, 0.1) is 0 Å². The Balaban J connectivity index is 2.32. The fourth-order valence-corrected chi connectivity index (χ4v) is 2.00. The van der Waals surface area contributed by atoms with Gasteiger partial charge in [0.05, 0.1) is 0 Å². The summed E-state index contributed by atoms with van der Waals surface area (Å²) in [5.41, 5.74) is 7.72. The topological polar surface area (TPSA) is 46.3 Å². The third kappa shape index (κ3) is 2.09. The van der Waals surface area contributed by atoms with E-state index < -0.39 is 0 Å².